The van der Waals surface area contributed by atoms with Crippen molar-refractivity contribution < 1.29 is 4.79 Å². The van der Waals surface area contributed by atoms with E-state index in [4.69, 9.17) is 5.73 Å². The number of nitrogens with zero attached hydrogens (tertiary/aromatic N) is 1. The molecule has 5 heteroatoms. The third-order valence-corrected chi connectivity index (χ3v) is 4.36. The van der Waals surface area contributed by atoms with Crippen molar-refractivity contribution in [3.8, 4) is 0 Å². The van der Waals surface area contributed by atoms with Crippen molar-refractivity contribution in [2.75, 3.05) is 12.3 Å². The van der Waals surface area contributed by atoms with Crippen LogP contribution in [0.4, 0.5) is 5.69 Å². The standard InChI is InChI=1S/C16H21N3OS/c1-11-19-14(10-21-11)8-9-18-15(20)16(2,3)12-4-6-13(17)7-5-12/h4-7,10H,8-9,17H2,1-3H3,(H,18,20). The monoisotopic (exact) mass is 303 g/mol. The van der Waals surface area contributed by atoms with E-state index in [1.54, 1.807) is 11.3 Å². The number of anilines is 1. The summed E-state index contributed by atoms with van der Waals surface area (Å²) in [5.74, 6) is 0.0132. The Morgan fingerprint density at radius 3 is 2.57 bits per heavy atom. The number of thiazole rings is 1. The molecule has 0 unspecified atom stereocenters. The molecule has 1 aromatic carbocycles. The second kappa shape index (κ2) is 6.26. The average molecular weight is 303 g/mol. The van der Waals surface area contributed by atoms with Gasteiger partial charge in [0.15, 0.2) is 0 Å². The summed E-state index contributed by atoms with van der Waals surface area (Å²) in [5, 5.41) is 6.08. The molecule has 0 aliphatic carbocycles. The predicted molar refractivity (Wildman–Crippen MR) is 87.4 cm³/mol. The molecule has 1 heterocycles. The Bertz CT molecular complexity index is 617. The Morgan fingerprint density at radius 2 is 2.00 bits per heavy atom. The molecular weight excluding hydrogens is 282 g/mol. The highest BCUT2D eigenvalue weighted by molar-refractivity contribution is 7.09. The molecule has 0 spiro atoms. The molecule has 2 rings (SSSR count). The zero-order chi connectivity index (χ0) is 15.5. The number of hydrogen-bond acceptors (Lipinski definition) is 4. The first-order chi connectivity index (χ1) is 9.89. The Balaban J connectivity index is 1.93. The van der Waals surface area contributed by atoms with E-state index < -0.39 is 5.41 Å². The summed E-state index contributed by atoms with van der Waals surface area (Å²) in [6.07, 6.45) is 0.758. The first-order valence-corrected chi connectivity index (χ1v) is 7.83. The summed E-state index contributed by atoms with van der Waals surface area (Å²) in [5.41, 5.74) is 7.80. The van der Waals surface area contributed by atoms with Crippen molar-refractivity contribution >= 4 is 22.9 Å². The lowest BCUT2D eigenvalue weighted by Crippen LogP contribution is -2.40. The highest BCUT2D eigenvalue weighted by Gasteiger charge is 2.29. The van der Waals surface area contributed by atoms with Gasteiger partial charge in [-0.2, -0.15) is 0 Å². The van der Waals surface area contributed by atoms with Gasteiger partial charge in [-0.25, -0.2) is 4.98 Å². The molecule has 0 fully saturated rings. The fraction of sp³-hybridized carbons (Fsp3) is 0.375. The van der Waals surface area contributed by atoms with E-state index in [-0.39, 0.29) is 5.91 Å². The Hall–Kier alpha value is -1.88. The van der Waals surface area contributed by atoms with Crippen LogP contribution in [-0.2, 0) is 16.6 Å². The minimum atomic E-state index is -0.578. The molecule has 0 atom stereocenters. The number of aryl methyl sites for hydroxylation is 1. The van der Waals surface area contributed by atoms with E-state index in [9.17, 15) is 4.79 Å². The number of carbonyl (C=O) groups excluding carboxylic acids is 1. The predicted octanol–water partition coefficient (Wildman–Crippen LogP) is 2.67. The molecule has 3 N–H and O–H groups in total. The van der Waals surface area contributed by atoms with Crippen LogP contribution in [0.3, 0.4) is 0 Å². The van der Waals surface area contributed by atoms with Crippen LogP contribution in [0.1, 0.15) is 30.1 Å². The van der Waals surface area contributed by atoms with Crippen molar-refractivity contribution in [3.63, 3.8) is 0 Å². The summed E-state index contributed by atoms with van der Waals surface area (Å²) in [6, 6.07) is 7.45. The number of nitrogen functional groups attached to an aromatic ring is 1. The van der Waals surface area contributed by atoms with Crippen molar-refractivity contribution in [2.45, 2.75) is 32.6 Å². The molecule has 0 radical (unpaired) electrons. The first-order valence-electron chi connectivity index (χ1n) is 6.95. The fourth-order valence-corrected chi connectivity index (χ4v) is 2.73. The van der Waals surface area contributed by atoms with Gasteiger partial charge in [0.2, 0.25) is 5.91 Å². The SMILES string of the molecule is Cc1nc(CCNC(=O)C(C)(C)c2ccc(N)cc2)cs1. The van der Waals surface area contributed by atoms with Crippen molar-refractivity contribution in [3.05, 3.63) is 45.9 Å². The molecule has 112 valence electrons. The third kappa shape index (κ3) is 3.82. The lowest BCUT2D eigenvalue weighted by molar-refractivity contribution is -0.125. The summed E-state index contributed by atoms with van der Waals surface area (Å²) < 4.78 is 0. The second-order valence-electron chi connectivity index (χ2n) is 5.61. The molecule has 1 amide bonds. The number of benzene rings is 1. The Labute approximate surface area is 129 Å². The third-order valence-electron chi connectivity index (χ3n) is 3.53. The summed E-state index contributed by atoms with van der Waals surface area (Å²) in [4.78, 5) is 16.8. The molecule has 21 heavy (non-hydrogen) atoms. The van der Waals surface area contributed by atoms with E-state index >= 15 is 0 Å². The maximum Gasteiger partial charge on any atom is 0.230 e. The number of nitrogens with one attached hydrogen (secondary N) is 1. The zero-order valence-electron chi connectivity index (χ0n) is 12.6. The van der Waals surface area contributed by atoms with Gasteiger partial charge >= 0.3 is 0 Å². The maximum atomic E-state index is 12.4. The number of amides is 1. The van der Waals surface area contributed by atoms with Crippen LogP contribution in [0, 0.1) is 6.92 Å². The van der Waals surface area contributed by atoms with E-state index in [1.807, 2.05) is 50.4 Å². The number of carbonyl (C=O) groups is 1. The van der Waals surface area contributed by atoms with Gasteiger partial charge in [-0.15, -0.1) is 11.3 Å². The quantitative estimate of drug-likeness (QED) is 0.834. The molecule has 1 aromatic heterocycles. The molecule has 0 saturated carbocycles. The number of rotatable bonds is 5. The van der Waals surface area contributed by atoms with Crippen LogP contribution in [0.5, 0.6) is 0 Å². The normalized spacial score (nSPS) is 11.4. The molecule has 4 nitrogen and oxygen atoms in total. The Morgan fingerprint density at radius 1 is 1.33 bits per heavy atom. The van der Waals surface area contributed by atoms with Crippen LogP contribution in [0.25, 0.3) is 0 Å². The van der Waals surface area contributed by atoms with Crippen molar-refractivity contribution in [2.24, 2.45) is 0 Å². The van der Waals surface area contributed by atoms with Gasteiger partial charge in [-0.1, -0.05) is 12.1 Å². The van der Waals surface area contributed by atoms with Gasteiger partial charge in [-0.3, -0.25) is 4.79 Å². The molecule has 0 aliphatic rings. The zero-order valence-corrected chi connectivity index (χ0v) is 13.5. The molecule has 0 aliphatic heterocycles. The van der Waals surface area contributed by atoms with Crippen LogP contribution in [0.2, 0.25) is 0 Å². The van der Waals surface area contributed by atoms with Crippen LogP contribution >= 0.6 is 11.3 Å². The van der Waals surface area contributed by atoms with Gasteiger partial charge in [0, 0.05) is 24.0 Å². The van der Waals surface area contributed by atoms with Gasteiger partial charge in [0.25, 0.3) is 0 Å². The van der Waals surface area contributed by atoms with E-state index in [1.165, 1.54) is 0 Å². The van der Waals surface area contributed by atoms with Gasteiger partial charge in [-0.05, 0) is 38.5 Å². The first kappa shape index (κ1) is 15.5. The van der Waals surface area contributed by atoms with Gasteiger partial charge in [0.05, 0.1) is 16.1 Å². The van der Waals surface area contributed by atoms with Crippen molar-refractivity contribution in [1.29, 1.82) is 0 Å². The lowest BCUT2D eigenvalue weighted by atomic mass is 9.83. The van der Waals surface area contributed by atoms with Crippen LogP contribution < -0.4 is 11.1 Å². The topological polar surface area (TPSA) is 68.0 Å². The maximum absolute atomic E-state index is 12.4. The fourth-order valence-electron chi connectivity index (χ4n) is 2.08. The molecule has 0 bridgehead atoms. The molecule has 0 saturated heterocycles. The van der Waals surface area contributed by atoms with Crippen molar-refractivity contribution in [1.82, 2.24) is 10.3 Å². The Kier molecular flexibility index (Phi) is 4.63. The minimum Gasteiger partial charge on any atom is -0.399 e. The number of aromatic nitrogens is 1. The summed E-state index contributed by atoms with van der Waals surface area (Å²) in [6.45, 7) is 6.42. The van der Waals surface area contributed by atoms with Gasteiger partial charge in [0.1, 0.15) is 0 Å². The summed E-state index contributed by atoms with van der Waals surface area (Å²) >= 11 is 1.63. The van der Waals surface area contributed by atoms with E-state index in [2.05, 4.69) is 10.3 Å². The van der Waals surface area contributed by atoms with Crippen LogP contribution in [-0.4, -0.2) is 17.4 Å². The molecule has 2 aromatic rings. The minimum absolute atomic E-state index is 0.0132. The lowest BCUT2D eigenvalue weighted by Gasteiger charge is -2.24. The average Bonchev–Trinajstić information content (AvgIpc) is 2.85. The number of nitrogens with two attached hydrogens (primary N) is 1. The molecular formula is C16H21N3OS. The number of hydrogen-bond donors (Lipinski definition) is 2. The van der Waals surface area contributed by atoms with E-state index in [0.29, 0.717) is 12.2 Å². The van der Waals surface area contributed by atoms with Gasteiger partial charge < -0.3 is 11.1 Å². The smallest absolute Gasteiger partial charge is 0.230 e. The van der Waals surface area contributed by atoms with E-state index in [0.717, 1.165) is 22.7 Å². The largest absolute Gasteiger partial charge is 0.399 e. The highest BCUT2D eigenvalue weighted by Crippen LogP contribution is 2.24. The summed E-state index contributed by atoms with van der Waals surface area (Å²) in [7, 11) is 0. The second-order valence-corrected chi connectivity index (χ2v) is 6.67. The van der Waals surface area contributed by atoms with Crippen LogP contribution in [0.15, 0.2) is 29.6 Å². The highest BCUT2D eigenvalue weighted by atomic mass is 32.1.